The van der Waals surface area contributed by atoms with Crippen LogP contribution in [0.25, 0.3) is 33.9 Å². The molecule has 0 spiro atoms. The molecule has 1 N–H and O–H groups in total. The molecule has 6 nitrogen and oxygen atoms in total. The highest BCUT2D eigenvalue weighted by molar-refractivity contribution is 5.95. The van der Waals surface area contributed by atoms with Crippen molar-refractivity contribution in [3.63, 3.8) is 0 Å². The maximum absolute atomic E-state index is 13.8. The first-order valence-corrected chi connectivity index (χ1v) is 6.20. The molecule has 2 heterocycles. The third kappa shape index (κ3) is 1.86. The van der Waals surface area contributed by atoms with Gasteiger partial charge in [0, 0.05) is 10.9 Å². The zero-order chi connectivity index (χ0) is 14.2. The fourth-order valence-electron chi connectivity index (χ4n) is 2.19. The van der Waals surface area contributed by atoms with Gasteiger partial charge in [0.1, 0.15) is 12.1 Å². The molecule has 7 heteroatoms. The number of benzene rings is 2. The number of rotatable bonds is 2. The summed E-state index contributed by atoms with van der Waals surface area (Å²) < 4.78 is 19.1. The van der Waals surface area contributed by atoms with Crippen molar-refractivity contribution < 1.29 is 8.91 Å². The van der Waals surface area contributed by atoms with Crippen molar-refractivity contribution in [2.75, 3.05) is 0 Å². The third-order valence-electron chi connectivity index (χ3n) is 3.15. The molecule has 0 saturated heterocycles. The maximum atomic E-state index is 13.8. The minimum absolute atomic E-state index is 0.288. The Hall–Kier alpha value is -3.09. The summed E-state index contributed by atoms with van der Waals surface area (Å²) in [7, 11) is 0. The largest absolute Gasteiger partial charge is 0.333 e. The molecule has 0 unspecified atom stereocenters. The van der Waals surface area contributed by atoms with E-state index < -0.39 is 0 Å². The summed E-state index contributed by atoms with van der Waals surface area (Å²) in [5.41, 5.74) is 0.672. The second-order valence-electron chi connectivity index (χ2n) is 4.40. The number of fused-ring (bicyclic) bond motifs is 1. The van der Waals surface area contributed by atoms with Crippen LogP contribution in [0.5, 0.6) is 0 Å². The minimum Gasteiger partial charge on any atom is -0.333 e. The quantitative estimate of drug-likeness (QED) is 0.611. The summed E-state index contributed by atoms with van der Waals surface area (Å²) in [4.78, 5) is 8.23. The fraction of sp³-hybridized carbons (Fsp3) is 0. The molecule has 0 aliphatic carbocycles. The van der Waals surface area contributed by atoms with Gasteiger partial charge in [-0.2, -0.15) is 10.1 Å². The summed E-state index contributed by atoms with van der Waals surface area (Å²) in [5, 5.41) is 11.5. The Balaban J connectivity index is 1.90. The van der Waals surface area contributed by atoms with E-state index in [1.54, 1.807) is 18.2 Å². The molecule has 4 aromatic rings. The van der Waals surface area contributed by atoms with Crippen LogP contribution in [-0.4, -0.2) is 25.3 Å². The molecule has 0 saturated carbocycles. The van der Waals surface area contributed by atoms with Crippen molar-refractivity contribution in [3.8, 4) is 23.1 Å². The SMILES string of the molecule is Fc1ccc(-c2nc(-c3ncn[nH]3)no2)c2ccccc12. The molecule has 2 aromatic carbocycles. The molecular weight excluding hydrogens is 273 g/mol. The van der Waals surface area contributed by atoms with Crippen LogP contribution < -0.4 is 0 Å². The maximum Gasteiger partial charge on any atom is 0.258 e. The van der Waals surface area contributed by atoms with E-state index in [1.165, 1.54) is 12.4 Å². The lowest BCUT2D eigenvalue weighted by atomic mass is 10.0. The van der Waals surface area contributed by atoms with Gasteiger partial charge < -0.3 is 4.52 Å². The molecule has 0 aliphatic rings. The highest BCUT2D eigenvalue weighted by Gasteiger charge is 2.15. The number of hydrogen-bond donors (Lipinski definition) is 1. The molecule has 0 atom stereocenters. The van der Waals surface area contributed by atoms with Gasteiger partial charge in [-0.05, 0) is 17.5 Å². The van der Waals surface area contributed by atoms with Gasteiger partial charge in [-0.25, -0.2) is 9.37 Å². The average Bonchev–Trinajstić information content (AvgIpc) is 3.19. The van der Waals surface area contributed by atoms with Crippen molar-refractivity contribution in [1.29, 1.82) is 0 Å². The van der Waals surface area contributed by atoms with Gasteiger partial charge in [-0.3, -0.25) is 5.10 Å². The fourth-order valence-corrected chi connectivity index (χ4v) is 2.19. The predicted octanol–water partition coefficient (Wildman–Crippen LogP) is 2.81. The zero-order valence-corrected chi connectivity index (χ0v) is 10.6. The van der Waals surface area contributed by atoms with Crippen LogP contribution in [-0.2, 0) is 0 Å². The van der Waals surface area contributed by atoms with Crippen LogP contribution in [0.15, 0.2) is 47.2 Å². The van der Waals surface area contributed by atoms with Crippen LogP contribution in [0.3, 0.4) is 0 Å². The van der Waals surface area contributed by atoms with E-state index in [0.29, 0.717) is 33.9 Å². The Kier molecular flexibility index (Phi) is 2.50. The number of nitrogens with zero attached hydrogens (tertiary/aromatic N) is 4. The lowest BCUT2D eigenvalue weighted by Crippen LogP contribution is -1.86. The van der Waals surface area contributed by atoms with Gasteiger partial charge in [0.25, 0.3) is 5.89 Å². The van der Waals surface area contributed by atoms with Crippen molar-refractivity contribution in [3.05, 3.63) is 48.5 Å². The number of nitrogens with one attached hydrogen (secondary N) is 1. The molecule has 21 heavy (non-hydrogen) atoms. The second kappa shape index (κ2) is 4.48. The van der Waals surface area contributed by atoms with Gasteiger partial charge >= 0.3 is 0 Å². The number of aromatic nitrogens is 5. The molecule has 0 amide bonds. The molecule has 102 valence electrons. The first-order chi connectivity index (χ1) is 10.3. The topological polar surface area (TPSA) is 80.5 Å². The minimum atomic E-state index is -0.288. The van der Waals surface area contributed by atoms with Crippen molar-refractivity contribution in [1.82, 2.24) is 25.3 Å². The predicted molar refractivity (Wildman–Crippen MR) is 72.6 cm³/mol. The lowest BCUT2D eigenvalue weighted by molar-refractivity contribution is 0.432. The van der Waals surface area contributed by atoms with Crippen LogP contribution >= 0.6 is 0 Å². The number of aromatic amines is 1. The van der Waals surface area contributed by atoms with Crippen molar-refractivity contribution >= 4 is 10.8 Å². The Bertz CT molecular complexity index is 916. The van der Waals surface area contributed by atoms with Crippen molar-refractivity contribution in [2.45, 2.75) is 0 Å². The monoisotopic (exact) mass is 281 g/mol. The van der Waals surface area contributed by atoms with Gasteiger partial charge in [0.2, 0.25) is 5.82 Å². The Labute approximate surface area is 117 Å². The normalized spacial score (nSPS) is 11.1. The summed E-state index contributed by atoms with van der Waals surface area (Å²) in [5.74, 6) is 0.731. The van der Waals surface area contributed by atoms with E-state index in [-0.39, 0.29) is 5.82 Å². The highest BCUT2D eigenvalue weighted by atomic mass is 19.1. The first kappa shape index (κ1) is 11.7. The van der Waals surface area contributed by atoms with Gasteiger partial charge in [-0.1, -0.05) is 29.4 Å². The molecule has 0 bridgehead atoms. The van der Waals surface area contributed by atoms with Gasteiger partial charge in [0.05, 0.1) is 0 Å². The van der Waals surface area contributed by atoms with Crippen LogP contribution in [0.4, 0.5) is 4.39 Å². The third-order valence-corrected chi connectivity index (χ3v) is 3.15. The smallest absolute Gasteiger partial charge is 0.258 e. The molecular formula is C14H8FN5O. The van der Waals surface area contributed by atoms with Crippen LogP contribution in [0.2, 0.25) is 0 Å². The Morgan fingerprint density at radius 1 is 1.05 bits per heavy atom. The summed E-state index contributed by atoms with van der Waals surface area (Å²) in [6.07, 6.45) is 1.36. The summed E-state index contributed by atoms with van der Waals surface area (Å²) in [6.45, 7) is 0. The Morgan fingerprint density at radius 2 is 1.90 bits per heavy atom. The van der Waals surface area contributed by atoms with Crippen molar-refractivity contribution in [2.24, 2.45) is 0 Å². The number of hydrogen-bond acceptors (Lipinski definition) is 5. The van der Waals surface area contributed by atoms with Crippen LogP contribution in [0, 0.1) is 5.82 Å². The average molecular weight is 281 g/mol. The highest BCUT2D eigenvalue weighted by Crippen LogP contribution is 2.29. The number of halogens is 1. The first-order valence-electron chi connectivity index (χ1n) is 6.20. The second-order valence-corrected chi connectivity index (χ2v) is 4.40. The van der Waals surface area contributed by atoms with E-state index in [9.17, 15) is 4.39 Å². The summed E-state index contributed by atoms with van der Waals surface area (Å²) in [6, 6.07) is 10.1. The van der Waals surface area contributed by atoms with E-state index >= 15 is 0 Å². The molecule has 0 fully saturated rings. The van der Waals surface area contributed by atoms with Gasteiger partial charge in [0.15, 0.2) is 5.82 Å². The van der Waals surface area contributed by atoms with Crippen LogP contribution in [0.1, 0.15) is 0 Å². The molecule has 0 radical (unpaired) electrons. The van der Waals surface area contributed by atoms with E-state index in [1.807, 2.05) is 12.1 Å². The Morgan fingerprint density at radius 3 is 2.71 bits per heavy atom. The molecule has 0 aliphatic heterocycles. The standard InChI is InChI=1S/C14H8FN5O/c15-11-6-5-10(8-3-1-2-4-9(8)11)14-18-13(20-21-14)12-16-7-17-19-12/h1-7H,(H,16,17,19). The summed E-state index contributed by atoms with van der Waals surface area (Å²) >= 11 is 0. The van der Waals surface area contributed by atoms with E-state index in [2.05, 4.69) is 25.3 Å². The molecule has 2 aromatic heterocycles. The zero-order valence-electron chi connectivity index (χ0n) is 10.6. The van der Waals surface area contributed by atoms with E-state index in [4.69, 9.17) is 4.52 Å². The number of H-pyrrole nitrogens is 1. The van der Waals surface area contributed by atoms with E-state index in [0.717, 1.165) is 0 Å². The lowest BCUT2D eigenvalue weighted by Gasteiger charge is -2.03. The van der Waals surface area contributed by atoms with Gasteiger partial charge in [-0.15, -0.1) is 0 Å². The molecule has 4 rings (SSSR count).